The lowest BCUT2D eigenvalue weighted by Crippen LogP contribution is -2.57. The molecule has 1 heterocycles. The second-order valence-corrected chi connectivity index (χ2v) is 6.44. The van der Waals surface area contributed by atoms with Crippen molar-refractivity contribution in [2.75, 3.05) is 7.11 Å². The van der Waals surface area contributed by atoms with Gasteiger partial charge in [-0.25, -0.2) is 4.79 Å². The maximum Gasteiger partial charge on any atom is 0.407 e. The molecule has 1 aliphatic carbocycles. The Morgan fingerprint density at radius 2 is 2.05 bits per heavy atom. The van der Waals surface area contributed by atoms with Gasteiger partial charge in [0.15, 0.2) is 0 Å². The maximum atomic E-state index is 12.9. The van der Waals surface area contributed by atoms with Crippen LogP contribution in [-0.2, 0) is 9.53 Å². The molecule has 0 aromatic heterocycles. The Morgan fingerprint density at radius 3 is 2.57 bits per heavy atom. The predicted molar refractivity (Wildman–Crippen MR) is 77.6 cm³/mol. The number of nitrogens with one attached hydrogen (secondary N) is 1. The molecule has 2 fully saturated rings. The summed E-state index contributed by atoms with van der Waals surface area (Å²) < 4.78 is 4.62. The van der Waals surface area contributed by atoms with Crippen LogP contribution in [0.15, 0.2) is 0 Å². The van der Waals surface area contributed by atoms with Gasteiger partial charge in [0, 0.05) is 18.0 Å². The third-order valence-corrected chi connectivity index (χ3v) is 4.86. The second kappa shape index (κ2) is 6.22. The molecule has 6 nitrogen and oxygen atoms in total. The minimum Gasteiger partial charge on any atom is -0.453 e. The number of carbonyl (C=O) groups excluding carboxylic acids is 2. The van der Waals surface area contributed by atoms with Gasteiger partial charge in [-0.1, -0.05) is 20.8 Å². The summed E-state index contributed by atoms with van der Waals surface area (Å²) in [5.41, 5.74) is 0. The number of amides is 2. The third kappa shape index (κ3) is 2.86. The topological polar surface area (TPSA) is 78.9 Å². The predicted octanol–water partition coefficient (Wildman–Crippen LogP) is 1.13. The fourth-order valence-electron chi connectivity index (χ4n) is 3.84. The van der Waals surface area contributed by atoms with Crippen LogP contribution < -0.4 is 5.32 Å². The van der Waals surface area contributed by atoms with Gasteiger partial charge in [-0.15, -0.1) is 0 Å². The van der Waals surface area contributed by atoms with Gasteiger partial charge in [0.2, 0.25) is 5.91 Å². The molecule has 0 spiro atoms. The first-order valence-corrected chi connectivity index (χ1v) is 7.75. The molecule has 1 saturated carbocycles. The lowest BCUT2D eigenvalue weighted by atomic mass is 9.92. The fraction of sp³-hybridized carbons (Fsp3) is 0.867. The molecule has 2 amide bonds. The van der Waals surface area contributed by atoms with Gasteiger partial charge in [0.1, 0.15) is 6.04 Å². The van der Waals surface area contributed by atoms with Crippen LogP contribution >= 0.6 is 0 Å². The molecule has 2 N–H and O–H groups in total. The van der Waals surface area contributed by atoms with Crippen molar-refractivity contribution < 1.29 is 19.4 Å². The Balaban J connectivity index is 2.15. The number of fused-ring (bicyclic) bond motifs is 2. The summed E-state index contributed by atoms with van der Waals surface area (Å²) in [6, 6.07) is -0.405. The number of aliphatic hydroxyl groups is 1. The summed E-state index contributed by atoms with van der Waals surface area (Å²) in [5, 5.41) is 12.7. The first kappa shape index (κ1) is 16.1. The molecule has 1 saturated heterocycles. The van der Waals surface area contributed by atoms with Crippen LogP contribution in [0.3, 0.4) is 0 Å². The molecule has 2 bridgehead atoms. The lowest BCUT2D eigenvalue weighted by molar-refractivity contribution is -0.140. The van der Waals surface area contributed by atoms with Crippen molar-refractivity contribution in [3.05, 3.63) is 0 Å². The first-order chi connectivity index (χ1) is 9.90. The molecule has 1 aliphatic heterocycles. The lowest BCUT2D eigenvalue weighted by Gasteiger charge is -2.39. The highest BCUT2D eigenvalue weighted by molar-refractivity contribution is 5.86. The van der Waals surface area contributed by atoms with E-state index in [1.807, 2.05) is 25.7 Å². The van der Waals surface area contributed by atoms with Crippen LogP contribution in [0, 0.1) is 11.8 Å². The first-order valence-electron chi connectivity index (χ1n) is 7.75. The number of hydrogen-bond acceptors (Lipinski definition) is 4. The van der Waals surface area contributed by atoms with E-state index in [9.17, 15) is 14.7 Å². The molecular weight excluding hydrogens is 272 g/mol. The molecule has 0 aromatic rings. The second-order valence-electron chi connectivity index (χ2n) is 6.44. The Hall–Kier alpha value is -1.30. The van der Waals surface area contributed by atoms with Gasteiger partial charge in [0.05, 0.1) is 13.2 Å². The van der Waals surface area contributed by atoms with E-state index < -0.39 is 12.1 Å². The van der Waals surface area contributed by atoms with E-state index >= 15 is 0 Å². The number of alkyl carbamates (subject to hydrolysis) is 1. The Kier molecular flexibility index (Phi) is 4.76. The molecule has 2 rings (SSSR count). The highest BCUT2D eigenvalue weighted by Crippen LogP contribution is 2.44. The van der Waals surface area contributed by atoms with Crippen molar-refractivity contribution in [2.24, 2.45) is 11.8 Å². The zero-order valence-corrected chi connectivity index (χ0v) is 13.2. The monoisotopic (exact) mass is 298 g/mol. The Labute approximate surface area is 125 Å². The van der Waals surface area contributed by atoms with Crippen molar-refractivity contribution in [3.8, 4) is 0 Å². The van der Waals surface area contributed by atoms with Crippen LogP contribution in [0.4, 0.5) is 4.79 Å². The fourth-order valence-corrected chi connectivity index (χ4v) is 3.84. The van der Waals surface area contributed by atoms with E-state index in [-0.39, 0.29) is 35.9 Å². The maximum absolute atomic E-state index is 12.9. The molecule has 2 aliphatic rings. The minimum atomic E-state index is -0.584. The average molecular weight is 298 g/mol. The normalized spacial score (nSPS) is 32.4. The van der Waals surface area contributed by atoms with Crippen LogP contribution in [0.1, 0.15) is 40.0 Å². The van der Waals surface area contributed by atoms with Crippen molar-refractivity contribution in [1.82, 2.24) is 10.2 Å². The number of nitrogens with zero attached hydrogens (tertiary/aromatic N) is 1. The van der Waals surface area contributed by atoms with Crippen LogP contribution in [-0.4, -0.2) is 53.3 Å². The summed E-state index contributed by atoms with van der Waals surface area (Å²) in [7, 11) is 1.29. The van der Waals surface area contributed by atoms with Crippen molar-refractivity contribution in [2.45, 2.75) is 64.3 Å². The number of hydrogen-bond donors (Lipinski definition) is 2. The van der Waals surface area contributed by atoms with Gasteiger partial charge < -0.3 is 20.1 Å². The Bertz CT molecular complexity index is 412. The average Bonchev–Trinajstić information content (AvgIpc) is 2.99. The highest BCUT2D eigenvalue weighted by atomic mass is 16.5. The van der Waals surface area contributed by atoms with Gasteiger partial charge in [-0.05, 0) is 25.2 Å². The third-order valence-electron chi connectivity index (χ3n) is 4.86. The van der Waals surface area contributed by atoms with Crippen LogP contribution in [0.2, 0.25) is 0 Å². The molecule has 120 valence electrons. The number of carbonyl (C=O) groups is 2. The van der Waals surface area contributed by atoms with Crippen LogP contribution in [0.5, 0.6) is 0 Å². The molecule has 0 unspecified atom stereocenters. The van der Waals surface area contributed by atoms with Crippen molar-refractivity contribution >= 4 is 12.0 Å². The number of ether oxygens (including phenoxy) is 1. The quantitative estimate of drug-likeness (QED) is 0.815. The van der Waals surface area contributed by atoms with Crippen LogP contribution in [0.25, 0.3) is 0 Å². The van der Waals surface area contributed by atoms with E-state index in [4.69, 9.17) is 0 Å². The summed E-state index contributed by atoms with van der Waals surface area (Å²) in [4.78, 5) is 26.2. The summed E-state index contributed by atoms with van der Waals surface area (Å²) >= 11 is 0. The number of rotatable bonds is 4. The number of piperidine rings is 1. The zero-order chi connectivity index (χ0) is 15.7. The summed E-state index contributed by atoms with van der Waals surface area (Å²) in [6.07, 6.45) is 1.46. The SMILES string of the molecule is CC[C@@H]1[C@@H]2C[C@H](C[C@H]2O)N1C(=O)[C@@H](NC(=O)OC)C(C)C. The van der Waals surface area contributed by atoms with Crippen molar-refractivity contribution in [3.63, 3.8) is 0 Å². The molecule has 0 radical (unpaired) electrons. The Morgan fingerprint density at radius 1 is 1.38 bits per heavy atom. The number of aliphatic hydroxyl groups excluding tert-OH is 1. The van der Waals surface area contributed by atoms with Crippen molar-refractivity contribution in [1.29, 1.82) is 0 Å². The molecule has 0 aromatic carbocycles. The van der Waals surface area contributed by atoms with E-state index in [1.165, 1.54) is 7.11 Å². The molecule has 21 heavy (non-hydrogen) atoms. The largest absolute Gasteiger partial charge is 0.453 e. The zero-order valence-electron chi connectivity index (χ0n) is 13.2. The number of likely N-dealkylation sites (tertiary alicyclic amines) is 1. The van der Waals surface area contributed by atoms with E-state index in [0.29, 0.717) is 6.42 Å². The van der Waals surface area contributed by atoms with Gasteiger partial charge in [0.25, 0.3) is 0 Å². The van der Waals surface area contributed by atoms with Gasteiger partial charge in [-0.3, -0.25) is 4.79 Å². The van der Waals surface area contributed by atoms with Gasteiger partial charge in [-0.2, -0.15) is 0 Å². The molecular formula is C15H26N2O4. The van der Waals surface area contributed by atoms with E-state index in [0.717, 1.165) is 12.8 Å². The smallest absolute Gasteiger partial charge is 0.407 e. The van der Waals surface area contributed by atoms with E-state index in [1.54, 1.807) is 0 Å². The number of methoxy groups -OCH3 is 1. The summed E-state index contributed by atoms with van der Waals surface area (Å²) in [5.74, 6) is 0.106. The highest BCUT2D eigenvalue weighted by Gasteiger charge is 2.53. The molecule has 5 atom stereocenters. The molecule has 6 heteroatoms. The standard InChI is InChI=1S/C15H26N2O4/c1-5-11-10-6-9(7-12(10)18)17(11)14(19)13(8(2)3)16-15(20)21-4/h8-13,18H,5-7H2,1-4H3,(H,16,20)/t9-,10+,11-,12-,13+/m1/s1. The summed E-state index contributed by atoms with van der Waals surface area (Å²) in [6.45, 7) is 5.85. The van der Waals surface area contributed by atoms with Gasteiger partial charge >= 0.3 is 6.09 Å². The minimum absolute atomic E-state index is 0.0156. The van der Waals surface area contributed by atoms with E-state index in [2.05, 4.69) is 10.1 Å².